The molecule has 0 aliphatic carbocycles. The van der Waals surface area contributed by atoms with Crippen molar-refractivity contribution in [2.24, 2.45) is 0 Å². The van der Waals surface area contributed by atoms with E-state index >= 15 is 0 Å². The van der Waals surface area contributed by atoms with Crippen molar-refractivity contribution in [1.82, 2.24) is 0 Å². The van der Waals surface area contributed by atoms with E-state index in [0.717, 1.165) is 6.92 Å². The summed E-state index contributed by atoms with van der Waals surface area (Å²) in [6.45, 7) is 4.06. The van der Waals surface area contributed by atoms with Crippen LogP contribution in [-0.4, -0.2) is 34.1 Å². The predicted octanol–water partition coefficient (Wildman–Crippen LogP) is -0.220. The summed E-state index contributed by atoms with van der Waals surface area (Å²) in [6.07, 6.45) is 1.01. The van der Waals surface area contributed by atoms with Gasteiger partial charge in [-0.2, -0.15) is 8.42 Å². The summed E-state index contributed by atoms with van der Waals surface area (Å²) in [4.78, 5) is 7.56. The fourth-order valence-corrected chi connectivity index (χ4v) is 1.15. The van der Waals surface area contributed by atoms with Crippen LogP contribution in [0.3, 0.4) is 0 Å². The Hall–Kier alpha value is -1.18. The molecule has 0 spiro atoms. The van der Waals surface area contributed by atoms with Gasteiger partial charge in [-0.05, 0) is 19.1 Å². The largest absolute Gasteiger partial charge is 0.478 e. The Kier molecular flexibility index (Phi) is 3.58. The molecule has 1 unspecified atom stereocenters. The normalized spacial score (nSPS) is 17.2. The van der Waals surface area contributed by atoms with Crippen molar-refractivity contribution in [3.63, 3.8) is 0 Å². The molecule has 0 saturated heterocycles. The van der Waals surface area contributed by atoms with Crippen LogP contribution in [0.4, 0.5) is 0 Å². The van der Waals surface area contributed by atoms with Crippen molar-refractivity contribution in [3.8, 4) is 0 Å². The molecule has 0 bridgehead atoms. The van der Waals surface area contributed by atoms with E-state index < -0.39 is 26.6 Å². The molecule has 7 heteroatoms. The summed E-state index contributed by atoms with van der Waals surface area (Å²) in [5.41, 5.74) is -0.426. The van der Waals surface area contributed by atoms with Crippen LogP contribution >= 0.6 is 0 Å². The lowest BCUT2D eigenvalue weighted by Gasteiger charge is -2.16. The second kappa shape index (κ2) is 3.91. The number of carboxylic acid groups (broad SMARTS) is 1. The lowest BCUT2D eigenvalue weighted by molar-refractivity contribution is -0.132. The van der Waals surface area contributed by atoms with Crippen molar-refractivity contribution < 1.29 is 28.0 Å². The maximum atomic E-state index is 10.6. The summed E-state index contributed by atoms with van der Waals surface area (Å²) in [7, 11) is -4.85. The number of aliphatic hydroxyl groups is 1. The highest BCUT2D eigenvalue weighted by Crippen LogP contribution is 2.17. The third kappa shape index (κ3) is 2.66. The van der Waals surface area contributed by atoms with Gasteiger partial charge in [0.05, 0.1) is 0 Å². The molecule has 0 aliphatic rings. The number of carbonyl (C=O) groups is 1. The molecule has 0 aliphatic heterocycles. The van der Waals surface area contributed by atoms with E-state index in [1.807, 2.05) is 0 Å². The Morgan fingerprint density at radius 2 is 1.93 bits per heavy atom. The van der Waals surface area contributed by atoms with Gasteiger partial charge in [0.25, 0.3) is 0 Å². The van der Waals surface area contributed by atoms with E-state index in [2.05, 4.69) is 6.58 Å². The molecule has 14 heavy (non-hydrogen) atoms. The zero-order chi connectivity index (χ0) is 11.6. The second-order valence-corrected chi connectivity index (χ2v) is 4.17. The van der Waals surface area contributed by atoms with Crippen LogP contribution in [0.25, 0.3) is 0 Å². The van der Waals surface area contributed by atoms with Gasteiger partial charge < -0.3 is 10.2 Å². The van der Waals surface area contributed by atoms with E-state index in [1.165, 1.54) is 0 Å². The van der Waals surface area contributed by atoms with Crippen LogP contribution in [0.1, 0.15) is 6.92 Å². The van der Waals surface area contributed by atoms with Crippen LogP contribution in [-0.2, 0) is 14.9 Å². The van der Waals surface area contributed by atoms with E-state index in [-0.39, 0.29) is 0 Å². The number of hydrogen-bond donors (Lipinski definition) is 3. The van der Waals surface area contributed by atoms with Crippen molar-refractivity contribution in [2.45, 2.75) is 11.9 Å². The number of carboxylic acids is 1. The maximum absolute atomic E-state index is 10.6. The Balaban J connectivity index is 5.43. The van der Waals surface area contributed by atoms with Crippen LogP contribution in [0.15, 0.2) is 24.3 Å². The van der Waals surface area contributed by atoms with E-state index in [4.69, 9.17) is 9.66 Å². The maximum Gasteiger partial charge on any atom is 0.331 e. The highest BCUT2D eigenvalue weighted by Gasteiger charge is 2.36. The first-order valence-electron chi connectivity index (χ1n) is 3.40. The van der Waals surface area contributed by atoms with Crippen molar-refractivity contribution >= 4 is 16.1 Å². The van der Waals surface area contributed by atoms with Crippen LogP contribution < -0.4 is 0 Å². The molecule has 0 aromatic heterocycles. The van der Waals surface area contributed by atoms with E-state index in [1.54, 1.807) is 0 Å². The Morgan fingerprint density at radius 3 is 2.14 bits per heavy atom. The van der Waals surface area contributed by atoms with Gasteiger partial charge in [-0.1, -0.05) is 6.58 Å². The lowest BCUT2D eigenvalue weighted by atomic mass is 10.2. The first-order valence-corrected chi connectivity index (χ1v) is 4.84. The summed E-state index contributed by atoms with van der Waals surface area (Å²) in [6, 6.07) is 0. The van der Waals surface area contributed by atoms with Crippen molar-refractivity contribution in [3.05, 3.63) is 24.3 Å². The minimum absolute atomic E-state index is 0.426. The molecule has 0 amide bonds. The zero-order valence-electron chi connectivity index (χ0n) is 7.34. The van der Waals surface area contributed by atoms with E-state index in [0.29, 0.717) is 12.2 Å². The molecular weight excluding hydrogens is 212 g/mol. The highest BCUT2D eigenvalue weighted by atomic mass is 32.2. The summed E-state index contributed by atoms with van der Waals surface area (Å²) in [5.74, 6) is -1.41. The third-order valence-electron chi connectivity index (χ3n) is 1.47. The van der Waals surface area contributed by atoms with E-state index in [9.17, 15) is 18.3 Å². The number of aliphatic carboxylic acids is 1. The SMILES string of the molecule is C=CC(O)(C=C(C)C(=O)O)S(=O)(=O)O. The fourth-order valence-electron chi connectivity index (χ4n) is 0.611. The van der Waals surface area contributed by atoms with Crippen molar-refractivity contribution in [2.75, 3.05) is 0 Å². The minimum atomic E-state index is -4.85. The first-order chi connectivity index (χ1) is 6.14. The van der Waals surface area contributed by atoms with Gasteiger partial charge in [-0.25, -0.2) is 4.79 Å². The topological polar surface area (TPSA) is 112 Å². The third-order valence-corrected chi connectivity index (χ3v) is 2.58. The Morgan fingerprint density at radius 1 is 1.50 bits per heavy atom. The molecule has 80 valence electrons. The van der Waals surface area contributed by atoms with Gasteiger partial charge in [0.1, 0.15) is 0 Å². The molecule has 0 aromatic carbocycles. The van der Waals surface area contributed by atoms with Gasteiger partial charge in [0.2, 0.25) is 4.93 Å². The van der Waals surface area contributed by atoms with Crippen molar-refractivity contribution in [1.29, 1.82) is 0 Å². The molecule has 3 N–H and O–H groups in total. The Bertz CT molecular complexity index is 379. The minimum Gasteiger partial charge on any atom is -0.478 e. The van der Waals surface area contributed by atoms with Gasteiger partial charge in [0, 0.05) is 5.57 Å². The molecule has 0 radical (unpaired) electrons. The lowest BCUT2D eigenvalue weighted by Crippen LogP contribution is -2.34. The van der Waals surface area contributed by atoms with Crippen LogP contribution in [0.2, 0.25) is 0 Å². The molecule has 6 nitrogen and oxygen atoms in total. The molecular formula is C7H10O6S. The summed E-state index contributed by atoms with van der Waals surface area (Å²) >= 11 is 0. The van der Waals surface area contributed by atoms with Gasteiger partial charge in [-0.15, -0.1) is 0 Å². The highest BCUT2D eigenvalue weighted by molar-refractivity contribution is 7.87. The fraction of sp³-hybridized carbons (Fsp3) is 0.286. The van der Waals surface area contributed by atoms with Gasteiger partial charge in [-0.3, -0.25) is 4.55 Å². The second-order valence-electron chi connectivity index (χ2n) is 2.56. The average molecular weight is 222 g/mol. The average Bonchev–Trinajstić information content (AvgIpc) is 2.01. The van der Waals surface area contributed by atoms with Gasteiger partial charge in [0.15, 0.2) is 0 Å². The van der Waals surface area contributed by atoms with Crippen LogP contribution in [0, 0.1) is 0 Å². The quantitative estimate of drug-likeness (QED) is 0.344. The Labute approximate surface area is 80.9 Å². The molecule has 0 heterocycles. The van der Waals surface area contributed by atoms with Gasteiger partial charge >= 0.3 is 16.1 Å². The zero-order valence-corrected chi connectivity index (χ0v) is 8.15. The standard InChI is InChI=1S/C7H10O6S/c1-3-7(10,14(11,12)13)4-5(2)6(8)9/h3-4,10H,1H2,2H3,(H,8,9)(H,11,12,13). The number of hydrogen-bond acceptors (Lipinski definition) is 4. The van der Waals surface area contributed by atoms with Crippen LogP contribution in [0.5, 0.6) is 0 Å². The first kappa shape index (κ1) is 12.8. The molecule has 0 fully saturated rings. The summed E-state index contributed by atoms with van der Waals surface area (Å²) < 4.78 is 29.9. The summed E-state index contributed by atoms with van der Waals surface area (Å²) in [5, 5.41) is 17.7. The smallest absolute Gasteiger partial charge is 0.331 e. The monoisotopic (exact) mass is 222 g/mol. The molecule has 0 aromatic rings. The number of rotatable bonds is 4. The molecule has 0 saturated carbocycles. The molecule has 1 atom stereocenters. The molecule has 0 rings (SSSR count). The predicted molar refractivity (Wildman–Crippen MR) is 48.1 cm³/mol.